The highest BCUT2D eigenvalue weighted by Gasteiger charge is 2.24. The van der Waals surface area contributed by atoms with Gasteiger partial charge in [0.1, 0.15) is 11.3 Å². The van der Waals surface area contributed by atoms with Crippen LogP contribution in [0.25, 0.3) is 88.0 Å². The number of fused-ring (bicyclic) bond motifs is 4. The third-order valence-corrected chi connectivity index (χ3v) is 8.18. The molecule has 0 aliphatic heterocycles. The molecular weight excluding hydrogens is 544 g/mol. The lowest BCUT2D eigenvalue weighted by atomic mass is 9.84. The Bertz CT molecular complexity index is 3150. The van der Waals surface area contributed by atoms with Gasteiger partial charge in [-0.05, 0) is 72.8 Å². The molecule has 1 heteroatoms. The molecule has 0 aliphatic rings. The van der Waals surface area contributed by atoms with Gasteiger partial charge in [-0.3, -0.25) is 0 Å². The summed E-state index contributed by atoms with van der Waals surface area (Å²) in [5, 5.41) is 2.30. The molecule has 0 spiro atoms. The van der Waals surface area contributed by atoms with E-state index in [2.05, 4.69) is 0 Å². The van der Waals surface area contributed by atoms with Crippen molar-refractivity contribution in [3.8, 4) is 44.7 Å². The summed E-state index contributed by atoms with van der Waals surface area (Å²) < 4.78 is 122. The van der Waals surface area contributed by atoms with Gasteiger partial charge in [0.25, 0.3) is 0 Å². The molecule has 0 fully saturated rings. The first-order chi connectivity index (χ1) is 27.7. The molecule has 0 unspecified atom stereocenters. The van der Waals surface area contributed by atoms with Crippen LogP contribution in [0.3, 0.4) is 0 Å². The number of furan rings is 1. The Labute approximate surface area is 279 Å². The second-order valence-electron chi connectivity index (χ2n) is 10.7. The first kappa shape index (κ1) is 15.7. The average molecular weight is 586 g/mol. The second-order valence-corrected chi connectivity index (χ2v) is 10.7. The topological polar surface area (TPSA) is 13.1 Å². The molecular formula is C44H28O. The van der Waals surface area contributed by atoms with Crippen LogP contribution in [-0.4, -0.2) is 0 Å². The highest BCUT2D eigenvalue weighted by molar-refractivity contribution is 6.25. The van der Waals surface area contributed by atoms with Gasteiger partial charge in [-0.1, -0.05) is 151 Å². The van der Waals surface area contributed by atoms with E-state index in [1.165, 1.54) is 0 Å². The fourth-order valence-electron chi connectivity index (χ4n) is 6.20. The lowest BCUT2D eigenvalue weighted by molar-refractivity contribution is 0.633. The van der Waals surface area contributed by atoms with Gasteiger partial charge in [-0.2, -0.15) is 0 Å². The van der Waals surface area contributed by atoms with Crippen molar-refractivity contribution in [3.63, 3.8) is 0 Å². The number of benzene rings is 8. The van der Waals surface area contributed by atoms with Crippen molar-refractivity contribution in [3.05, 3.63) is 170 Å². The predicted octanol–water partition coefficient (Wildman–Crippen LogP) is 12.6. The van der Waals surface area contributed by atoms with Gasteiger partial charge in [0.15, 0.2) is 0 Å². The second kappa shape index (κ2) is 10.4. The summed E-state index contributed by atoms with van der Waals surface area (Å²) in [6, 6.07) is 20.6. The molecule has 8 aromatic carbocycles. The van der Waals surface area contributed by atoms with Gasteiger partial charge >= 0.3 is 0 Å². The number of hydrogen-bond donors (Lipinski definition) is 0. The zero-order valence-corrected chi connectivity index (χ0v) is 23.6. The largest absolute Gasteiger partial charge is 0.455 e. The Balaban J connectivity index is 1.54. The highest BCUT2D eigenvalue weighted by atomic mass is 16.3. The van der Waals surface area contributed by atoms with E-state index in [1.807, 2.05) is 42.5 Å². The Kier molecular flexibility index (Phi) is 3.62. The van der Waals surface area contributed by atoms with Crippen LogP contribution in [0.15, 0.2) is 174 Å². The van der Waals surface area contributed by atoms with E-state index in [0.717, 1.165) is 10.8 Å². The van der Waals surface area contributed by atoms with E-state index in [4.69, 9.17) is 16.8 Å². The zero-order valence-electron chi connectivity index (χ0n) is 36.6. The Hall–Kier alpha value is -5.92. The Morgan fingerprint density at radius 3 is 1.69 bits per heavy atom. The fourth-order valence-corrected chi connectivity index (χ4v) is 6.20. The average Bonchev–Trinajstić information content (AvgIpc) is 3.62. The summed E-state index contributed by atoms with van der Waals surface area (Å²) in [6.45, 7) is 0. The molecule has 0 saturated carbocycles. The lowest BCUT2D eigenvalue weighted by Crippen LogP contribution is -1.91. The van der Waals surface area contributed by atoms with Crippen molar-refractivity contribution in [1.82, 2.24) is 0 Å². The third kappa shape index (κ3) is 4.17. The molecule has 1 heterocycles. The van der Waals surface area contributed by atoms with Gasteiger partial charge in [0, 0.05) is 22.1 Å². The predicted molar refractivity (Wildman–Crippen MR) is 190 cm³/mol. The van der Waals surface area contributed by atoms with Crippen molar-refractivity contribution < 1.29 is 22.2 Å². The van der Waals surface area contributed by atoms with Crippen LogP contribution in [0.5, 0.6) is 0 Å². The molecule has 9 rings (SSSR count). The maximum absolute atomic E-state index is 9.46. The van der Waals surface area contributed by atoms with Crippen molar-refractivity contribution >= 4 is 43.3 Å². The molecule has 9 aromatic rings. The summed E-state index contributed by atoms with van der Waals surface area (Å²) in [5.74, 6) is 0.217. The van der Waals surface area contributed by atoms with Crippen LogP contribution >= 0.6 is 0 Å². The van der Waals surface area contributed by atoms with Gasteiger partial charge in [0.05, 0.1) is 17.8 Å². The van der Waals surface area contributed by atoms with Crippen LogP contribution in [0.1, 0.15) is 17.8 Å². The summed E-state index contributed by atoms with van der Waals surface area (Å²) in [6.07, 6.45) is 0. The minimum Gasteiger partial charge on any atom is -0.455 e. The number of hydrogen-bond acceptors (Lipinski definition) is 1. The quantitative estimate of drug-likeness (QED) is 0.187. The third-order valence-electron chi connectivity index (χ3n) is 8.18. The first-order valence-electron chi connectivity index (χ1n) is 20.9. The van der Waals surface area contributed by atoms with E-state index in [9.17, 15) is 5.48 Å². The molecule has 0 N–H and O–H groups in total. The molecule has 0 bridgehead atoms. The minimum absolute atomic E-state index is 0.0156. The smallest absolute Gasteiger partial charge is 0.143 e. The van der Waals surface area contributed by atoms with Crippen LogP contribution in [-0.2, 0) is 0 Å². The van der Waals surface area contributed by atoms with Crippen molar-refractivity contribution in [2.45, 2.75) is 0 Å². The highest BCUT2D eigenvalue weighted by Crippen LogP contribution is 2.50. The number of rotatable bonds is 4. The summed E-state index contributed by atoms with van der Waals surface area (Å²) in [4.78, 5) is 0. The monoisotopic (exact) mass is 585 g/mol. The van der Waals surface area contributed by atoms with Crippen molar-refractivity contribution in [2.24, 2.45) is 0 Å². The maximum atomic E-state index is 9.46. The summed E-state index contributed by atoms with van der Waals surface area (Å²) in [7, 11) is 0. The Morgan fingerprint density at radius 1 is 0.378 bits per heavy atom. The summed E-state index contributed by atoms with van der Waals surface area (Å²) in [5.41, 5.74) is 2.02. The van der Waals surface area contributed by atoms with E-state index in [-0.39, 0.29) is 60.7 Å². The molecule has 45 heavy (non-hydrogen) atoms. The maximum Gasteiger partial charge on any atom is 0.143 e. The van der Waals surface area contributed by atoms with Crippen LogP contribution in [0, 0.1) is 0 Å². The zero-order chi connectivity index (χ0) is 41.1. The SMILES string of the molecule is [2H]c1c([2H])c([2H])c(-c2ccc3c(-c4c5c([2H])c([2H])c([2H])c([2H])c5c(-c5ccccc5)c5c([2H])c([2H])c([2H])c([2H])c45)c(-c4ccc5ccccc5c4)oc3c2)c([2H])c1[2H]. The molecule has 0 amide bonds. The van der Waals surface area contributed by atoms with Crippen molar-refractivity contribution in [2.75, 3.05) is 0 Å². The molecule has 1 nitrogen and oxygen atoms in total. The normalized spacial score (nSPS) is 15.6. The Morgan fingerprint density at radius 2 is 0.978 bits per heavy atom. The molecule has 1 aromatic heterocycles. The van der Waals surface area contributed by atoms with E-state index < -0.39 is 78.6 Å². The van der Waals surface area contributed by atoms with Crippen LogP contribution in [0.2, 0.25) is 0 Å². The lowest BCUT2D eigenvalue weighted by Gasteiger charge is -2.18. The van der Waals surface area contributed by atoms with Crippen molar-refractivity contribution in [1.29, 1.82) is 0 Å². The van der Waals surface area contributed by atoms with E-state index in [0.29, 0.717) is 16.5 Å². The standard InChI is InChI=1S/C44H28O/c1-3-13-29(14-4-1)33-25-26-39-40(28-33)45-44(34-24-23-30-15-7-8-18-32(30)27-34)43(39)42-37-21-11-9-19-35(37)41(31-16-5-2-6-17-31)36-20-10-12-22-38(36)42/h1-28H/i1D,3D,4D,9D,10D,11D,12D,13D,14D,19D,20D,21D,22D. The molecule has 0 atom stereocenters. The fraction of sp³-hybridized carbons (Fsp3) is 0. The molecule has 210 valence electrons. The summed E-state index contributed by atoms with van der Waals surface area (Å²) >= 11 is 0. The minimum atomic E-state index is -0.540. The van der Waals surface area contributed by atoms with Gasteiger partial charge in [-0.25, -0.2) is 0 Å². The van der Waals surface area contributed by atoms with Crippen LogP contribution < -0.4 is 0 Å². The molecule has 0 aliphatic carbocycles. The van der Waals surface area contributed by atoms with Gasteiger partial charge in [-0.15, -0.1) is 0 Å². The molecule has 0 radical (unpaired) electrons. The first-order valence-corrected chi connectivity index (χ1v) is 14.4. The van der Waals surface area contributed by atoms with E-state index >= 15 is 0 Å². The van der Waals surface area contributed by atoms with E-state index in [1.54, 1.807) is 48.5 Å². The van der Waals surface area contributed by atoms with Gasteiger partial charge < -0.3 is 4.42 Å². The van der Waals surface area contributed by atoms with Gasteiger partial charge in [0.2, 0.25) is 0 Å². The van der Waals surface area contributed by atoms with Crippen LogP contribution in [0.4, 0.5) is 0 Å². The molecule has 0 saturated heterocycles.